The van der Waals surface area contributed by atoms with Crippen molar-refractivity contribution in [2.75, 3.05) is 13.1 Å². The number of halogens is 2. The van der Waals surface area contributed by atoms with Crippen LogP contribution in [0.4, 0.5) is 8.78 Å². The lowest BCUT2D eigenvalue weighted by Crippen LogP contribution is -2.33. The van der Waals surface area contributed by atoms with Crippen LogP contribution in [0.1, 0.15) is 12.0 Å². The lowest BCUT2D eigenvalue weighted by atomic mass is 10.1. The zero-order chi connectivity index (χ0) is 12.4. The fraction of sp³-hybridized carbons (Fsp3) is 0.417. The van der Waals surface area contributed by atoms with Crippen molar-refractivity contribution in [2.45, 2.75) is 18.9 Å². The number of amides is 1. The maximum absolute atomic E-state index is 13.4. The summed E-state index contributed by atoms with van der Waals surface area (Å²) in [6.07, 6.45) is 0.647. The van der Waals surface area contributed by atoms with Crippen LogP contribution < -0.4 is 5.73 Å². The summed E-state index contributed by atoms with van der Waals surface area (Å²) in [6.45, 7) is 1.09. The average Bonchev–Trinajstić information content (AvgIpc) is 2.72. The van der Waals surface area contributed by atoms with Gasteiger partial charge in [0.15, 0.2) is 11.6 Å². The van der Waals surface area contributed by atoms with Gasteiger partial charge in [0.1, 0.15) is 0 Å². The highest BCUT2D eigenvalue weighted by Crippen LogP contribution is 2.15. The van der Waals surface area contributed by atoms with Gasteiger partial charge < -0.3 is 10.6 Å². The number of carbonyl (C=O) groups is 1. The highest BCUT2D eigenvalue weighted by atomic mass is 19.2. The minimum absolute atomic E-state index is 0.00342. The first kappa shape index (κ1) is 12.0. The normalized spacial score (nSPS) is 19.7. The van der Waals surface area contributed by atoms with E-state index in [0.29, 0.717) is 13.1 Å². The van der Waals surface area contributed by atoms with Crippen LogP contribution in [0.3, 0.4) is 0 Å². The Morgan fingerprint density at radius 2 is 2.24 bits per heavy atom. The summed E-state index contributed by atoms with van der Waals surface area (Å²) in [5.41, 5.74) is 5.78. The molecule has 0 unspecified atom stereocenters. The number of hydrogen-bond donors (Lipinski definition) is 1. The summed E-state index contributed by atoms with van der Waals surface area (Å²) in [5, 5.41) is 0. The molecule has 0 saturated carbocycles. The first-order valence-corrected chi connectivity index (χ1v) is 5.54. The summed E-state index contributed by atoms with van der Waals surface area (Å²) < 4.78 is 26.3. The molecule has 5 heteroatoms. The minimum atomic E-state index is -0.940. The van der Waals surface area contributed by atoms with E-state index >= 15 is 0 Å². The molecule has 1 atom stereocenters. The van der Waals surface area contributed by atoms with Gasteiger partial charge in [-0.2, -0.15) is 0 Å². The molecular weight excluding hydrogens is 226 g/mol. The van der Waals surface area contributed by atoms with E-state index in [1.165, 1.54) is 12.1 Å². The maximum atomic E-state index is 13.4. The molecule has 1 aromatic rings. The van der Waals surface area contributed by atoms with Gasteiger partial charge >= 0.3 is 0 Å². The molecule has 92 valence electrons. The molecule has 0 spiro atoms. The molecular formula is C12H14F2N2O. The Kier molecular flexibility index (Phi) is 3.38. The van der Waals surface area contributed by atoms with Gasteiger partial charge in [0.25, 0.3) is 0 Å². The molecule has 2 rings (SSSR count). The Morgan fingerprint density at radius 1 is 1.47 bits per heavy atom. The molecule has 1 saturated heterocycles. The van der Waals surface area contributed by atoms with Crippen LogP contribution >= 0.6 is 0 Å². The van der Waals surface area contributed by atoms with E-state index in [1.54, 1.807) is 4.90 Å². The summed E-state index contributed by atoms with van der Waals surface area (Å²) >= 11 is 0. The van der Waals surface area contributed by atoms with Crippen LogP contribution in [0.2, 0.25) is 0 Å². The van der Waals surface area contributed by atoms with Gasteiger partial charge in [-0.05, 0) is 12.5 Å². The van der Waals surface area contributed by atoms with Crippen molar-refractivity contribution in [2.24, 2.45) is 5.73 Å². The molecule has 17 heavy (non-hydrogen) atoms. The highest BCUT2D eigenvalue weighted by Gasteiger charge is 2.24. The van der Waals surface area contributed by atoms with Crippen molar-refractivity contribution in [1.82, 2.24) is 4.90 Å². The van der Waals surface area contributed by atoms with Crippen molar-refractivity contribution in [3.63, 3.8) is 0 Å². The Labute approximate surface area is 98.2 Å². The predicted octanol–water partition coefficient (Wildman–Crippen LogP) is 1.07. The minimum Gasteiger partial charge on any atom is -0.341 e. The van der Waals surface area contributed by atoms with Crippen LogP contribution in [0, 0.1) is 11.6 Å². The van der Waals surface area contributed by atoms with Crippen LogP contribution in [0.5, 0.6) is 0 Å². The van der Waals surface area contributed by atoms with Crippen LogP contribution in [0.25, 0.3) is 0 Å². The maximum Gasteiger partial charge on any atom is 0.227 e. The SMILES string of the molecule is N[C@H]1CCN(C(=O)Cc2cccc(F)c2F)C1. The first-order valence-electron chi connectivity index (χ1n) is 5.54. The molecule has 1 aromatic carbocycles. The van der Waals surface area contributed by atoms with Gasteiger partial charge in [-0.1, -0.05) is 12.1 Å². The molecule has 1 aliphatic heterocycles. The van der Waals surface area contributed by atoms with E-state index in [1.807, 2.05) is 0 Å². The van der Waals surface area contributed by atoms with Crippen molar-refractivity contribution < 1.29 is 13.6 Å². The van der Waals surface area contributed by atoms with E-state index in [-0.39, 0.29) is 23.9 Å². The van der Waals surface area contributed by atoms with Crippen molar-refractivity contribution in [3.8, 4) is 0 Å². The van der Waals surface area contributed by atoms with E-state index < -0.39 is 11.6 Å². The summed E-state index contributed by atoms with van der Waals surface area (Å²) in [5.74, 6) is -2.07. The quantitative estimate of drug-likeness (QED) is 0.840. The molecule has 0 aliphatic carbocycles. The fourth-order valence-corrected chi connectivity index (χ4v) is 1.97. The van der Waals surface area contributed by atoms with Crippen LogP contribution in [-0.4, -0.2) is 29.9 Å². The van der Waals surface area contributed by atoms with Gasteiger partial charge in [-0.15, -0.1) is 0 Å². The zero-order valence-corrected chi connectivity index (χ0v) is 9.33. The number of nitrogens with zero attached hydrogens (tertiary/aromatic N) is 1. The lowest BCUT2D eigenvalue weighted by molar-refractivity contribution is -0.129. The Bertz CT molecular complexity index is 437. The molecule has 0 aromatic heterocycles. The number of benzene rings is 1. The van der Waals surface area contributed by atoms with Gasteiger partial charge in [0, 0.05) is 24.7 Å². The largest absolute Gasteiger partial charge is 0.341 e. The van der Waals surface area contributed by atoms with E-state index in [2.05, 4.69) is 0 Å². The Morgan fingerprint density at radius 3 is 2.88 bits per heavy atom. The molecule has 2 N–H and O–H groups in total. The number of rotatable bonds is 2. The molecule has 0 radical (unpaired) electrons. The average molecular weight is 240 g/mol. The summed E-state index contributed by atoms with van der Waals surface area (Å²) in [6, 6.07) is 3.86. The van der Waals surface area contributed by atoms with Crippen LogP contribution in [0.15, 0.2) is 18.2 Å². The summed E-state index contributed by atoms with van der Waals surface area (Å²) in [7, 11) is 0. The number of likely N-dealkylation sites (tertiary alicyclic amines) is 1. The van der Waals surface area contributed by atoms with Crippen molar-refractivity contribution in [1.29, 1.82) is 0 Å². The first-order chi connectivity index (χ1) is 8.08. The smallest absolute Gasteiger partial charge is 0.227 e. The standard InChI is InChI=1S/C12H14F2N2O/c13-10-3-1-2-8(12(10)14)6-11(17)16-5-4-9(15)7-16/h1-3,9H,4-7,15H2/t9-/m0/s1. The Balaban J connectivity index is 2.06. The lowest BCUT2D eigenvalue weighted by Gasteiger charge is -2.15. The fourth-order valence-electron chi connectivity index (χ4n) is 1.97. The van der Waals surface area contributed by atoms with E-state index in [4.69, 9.17) is 5.73 Å². The Hall–Kier alpha value is -1.49. The topological polar surface area (TPSA) is 46.3 Å². The van der Waals surface area contributed by atoms with Crippen LogP contribution in [-0.2, 0) is 11.2 Å². The number of nitrogens with two attached hydrogens (primary N) is 1. The summed E-state index contributed by atoms with van der Waals surface area (Å²) in [4.78, 5) is 13.4. The molecule has 1 heterocycles. The van der Waals surface area contributed by atoms with E-state index in [0.717, 1.165) is 12.5 Å². The zero-order valence-electron chi connectivity index (χ0n) is 9.33. The third-order valence-electron chi connectivity index (χ3n) is 2.95. The van der Waals surface area contributed by atoms with Gasteiger partial charge in [-0.3, -0.25) is 4.79 Å². The van der Waals surface area contributed by atoms with Gasteiger partial charge in [-0.25, -0.2) is 8.78 Å². The molecule has 0 bridgehead atoms. The highest BCUT2D eigenvalue weighted by molar-refractivity contribution is 5.79. The second kappa shape index (κ2) is 4.79. The van der Waals surface area contributed by atoms with Gasteiger partial charge in [0.2, 0.25) is 5.91 Å². The van der Waals surface area contributed by atoms with Crippen molar-refractivity contribution in [3.05, 3.63) is 35.4 Å². The molecule has 1 aliphatic rings. The molecule has 1 amide bonds. The predicted molar refractivity (Wildman–Crippen MR) is 59.2 cm³/mol. The molecule has 1 fully saturated rings. The second-order valence-electron chi connectivity index (χ2n) is 4.28. The monoisotopic (exact) mass is 240 g/mol. The number of carbonyl (C=O) groups excluding carboxylic acids is 1. The van der Waals surface area contributed by atoms with E-state index in [9.17, 15) is 13.6 Å². The third kappa shape index (κ3) is 2.61. The third-order valence-corrected chi connectivity index (χ3v) is 2.95. The number of hydrogen-bond acceptors (Lipinski definition) is 2. The van der Waals surface area contributed by atoms with Gasteiger partial charge in [0.05, 0.1) is 6.42 Å². The molecule has 3 nitrogen and oxygen atoms in total. The van der Waals surface area contributed by atoms with Crippen molar-refractivity contribution >= 4 is 5.91 Å². The second-order valence-corrected chi connectivity index (χ2v) is 4.28.